The van der Waals surface area contributed by atoms with Gasteiger partial charge in [-0.25, -0.2) is 13.5 Å². The molecule has 1 aromatic carbocycles. The van der Waals surface area contributed by atoms with Crippen LogP contribution in [0.4, 0.5) is 13.9 Å². The van der Waals surface area contributed by atoms with Gasteiger partial charge in [-0.15, -0.1) is 0 Å². The molecule has 3 aromatic rings. The number of carbonyl (C=O) groups is 4. The highest BCUT2D eigenvalue weighted by Crippen LogP contribution is 2.31. The molecule has 3 amide bonds. The Bertz CT molecular complexity index is 1470. The number of amides is 3. The standard InChI is InChI=1S/C25H27ClF2N6O4S/c1-25(2,3)23(38)31-24-30-22-20(39-24)19(21(29)37)32-34(22)11-17(36)33-10-13(27)9-15(33)16(35)8-7-12-5-4-6-14(26)18(12)28/h4-6,13,15H,7-11H2,1-3H3,(H2,29,37)(H,30,31,38)/t13-,15+/m1/s1. The van der Waals surface area contributed by atoms with E-state index in [-0.39, 0.29) is 63.5 Å². The summed E-state index contributed by atoms with van der Waals surface area (Å²) in [7, 11) is 0. The number of rotatable bonds is 8. The van der Waals surface area contributed by atoms with E-state index in [4.69, 9.17) is 17.3 Å². The SMILES string of the molecule is CC(C)(C)C(=O)Nc1nc2c(s1)c(C(N)=O)nn2CC(=O)N1C[C@H](F)C[C@H]1C(=O)CCc1cccc(Cl)c1F. The van der Waals surface area contributed by atoms with Crippen LogP contribution in [0.2, 0.25) is 5.02 Å². The predicted molar refractivity (Wildman–Crippen MR) is 142 cm³/mol. The van der Waals surface area contributed by atoms with Crippen LogP contribution in [0.5, 0.6) is 0 Å². The van der Waals surface area contributed by atoms with E-state index in [1.165, 1.54) is 12.1 Å². The predicted octanol–water partition coefficient (Wildman–Crippen LogP) is 3.51. The van der Waals surface area contributed by atoms with Gasteiger partial charge in [0.2, 0.25) is 11.8 Å². The minimum Gasteiger partial charge on any atom is -0.364 e. The van der Waals surface area contributed by atoms with E-state index in [9.17, 15) is 28.0 Å². The highest BCUT2D eigenvalue weighted by Gasteiger charge is 2.39. The number of anilines is 1. The van der Waals surface area contributed by atoms with Crippen molar-refractivity contribution >= 4 is 61.9 Å². The molecule has 39 heavy (non-hydrogen) atoms. The molecule has 1 aliphatic rings. The number of alkyl halides is 1. The molecular weight excluding hydrogens is 554 g/mol. The number of primary amides is 1. The lowest BCUT2D eigenvalue weighted by Crippen LogP contribution is -2.42. The first-order valence-corrected chi connectivity index (χ1v) is 13.3. The van der Waals surface area contributed by atoms with E-state index in [0.29, 0.717) is 0 Å². The third kappa shape index (κ3) is 6.09. The van der Waals surface area contributed by atoms with Gasteiger partial charge in [-0.3, -0.25) is 19.2 Å². The second-order valence-corrected chi connectivity index (χ2v) is 11.7. The molecule has 3 heterocycles. The maximum Gasteiger partial charge on any atom is 0.270 e. The van der Waals surface area contributed by atoms with Crippen LogP contribution in [-0.2, 0) is 27.3 Å². The molecule has 10 nitrogen and oxygen atoms in total. The summed E-state index contributed by atoms with van der Waals surface area (Å²) in [5.74, 6) is -2.80. The Balaban J connectivity index is 1.53. The van der Waals surface area contributed by atoms with Crippen molar-refractivity contribution in [2.75, 3.05) is 11.9 Å². The van der Waals surface area contributed by atoms with Crippen molar-refractivity contribution in [3.8, 4) is 0 Å². The lowest BCUT2D eigenvalue weighted by molar-refractivity contribution is -0.138. The summed E-state index contributed by atoms with van der Waals surface area (Å²) in [4.78, 5) is 56.0. The third-order valence-electron chi connectivity index (χ3n) is 6.32. The average Bonchev–Trinajstić information content (AvgIpc) is 3.53. The number of benzene rings is 1. The fourth-order valence-electron chi connectivity index (χ4n) is 4.21. The number of likely N-dealkylation sites (tertiary alicyclic amines) is 1. The number of hydrogen-bond donors (Lipinski definition) is 2. The molecule has 14 heteroatoms. The first kappa shape index (κ1) is 28.6. The van der Waals surface area contributed by atoms with Crippen LogP contribution in [0.1, 0.15) is 49.7 Å². The van der Waals surface area contributed by atoms with Crippen LogP contribution in [0.15, 0.2) is 18.2 Å². The molecule has 3 N–H and O–H groups in total. The Morgan fingerprint density at radius 2 is 1.97 bits per heavy atom. The van der Waals surface area contributed by atoms with Gasteiger partial charge in [0.25, 0.3) is 5.91 Å². The van der Waals surface area contributed by atoms with Crippen LogP contribution >= 0.6 is 22.9 Å². The van der Waals surface area contributed by atoms with Gasteiger partial charge in [0.1, 0.15) is 23.2 Å². The van der Waals surface area contributed by atoms with E-state index in [2.05, 4.69) is 15.4 Å². The summed E-state index contributed by atoms with van der Waals surface area (Å²) in [6, 6.07) is 3.44. The van der Waals surface area contributed by atoms with Crippen LogP contribution in [0, 0.1) is 11.2 Å². The van der Waals surface area contributed by atoms with Gasteiger partial charge in [0.05, 0.1) is 17.6 Å². The third-order valence-corrected chi connectivity index (χ3v) is 7.58. The van der Waals surface area contributed by atoms with Crippen molar-refractivity contribution < 1.29 is 28.0 Å². The maximum atomic E-state index is 14.4. The molecule has 208 valence electrons. The van der Waals surface area contributed by atoms with Crippen molar-refractivity contribution in [1.29, 1.82) is 0 Å². The first-order valence-electron chi connectivity index (χ1n) is 12.1. The van der Waals surface area contributed by atoms with Gasteiger partial charge in [-0.1, -0.05) is 55.8 Å². The van der Waals surface area contributed by atoms with Crippen molar-refractivity contribution in [3.63, 3.8) is 0 Å². The van der Waals surface area contributed by atoms with Crippen molar-refractivity contribution in [2.45, 2.75) is 58.8 Å². The van der Waals surface area contributed by atoms with E-state index in [0.717, 1.165) is 20.9 Å². The Morgan fingerprint density at radius 3 is 2.64 bits per heavy atom. The number of aryl methyl sites for hydroxylation is 1. The van der Waals surface area contributed by atoms with Crippen LogP contribution < -0.4 is 11.1 Å². The zero-order valence-corrected chi connectivity index (χ0v) is 23.0. The summed E-state index contributed by atoms with van der Waals surface area (Å²) in [5, 5.41) is 6.91. The molecule has 1 saturated heterocycles. The number of fused-ring (bicyclic) bond motifs is 1. The fraction of sp³-hybridized carbons (Fsp3) is 0.440. The second kappa shape index (κ2) is 11.0. The molecule has 4 rings (SSSR count). The van der Waals surface area contributed by atoms with E-state index in [1.54, 1.807) is 26.8 Å². The highest BCUT2D eigenvalue weighted by atomic mass is 35.5. The highest BCUT2D eigenvalue weighted by molar-refractivity contribution is 7.22. The molecule has 0 bridgehead atoms. The molecule has 2 aromatic heterocycles. The Hall–Kier alpha value is -3.45. The first-order chi connectivity index (χ1) is 18.3. The normalized spacial score (nSPS) is 17.5. The van der Waals surface area contributed by atoms with Crippen molar-refractivity contribution in [2.24, 2.45) is 11.1 Å². The summed E-state index contributed by atoms with van der Waals surface area (Å²) in [6.07, 6.45) is -1.66. The number of halogens is 3. The molecule has 2 atom stereocenters. The monoisotopic (exact) mass is 580 g/mol. The minimum atomic E-state index is -1.41. The molecular formula is C25H27ClF2N6O4S. The largest absolute Gasteiger partial charge is 0.364 e. The van der Waals surface area contributed by atoms with Gasteiger partial charge >= 0.3 is 0 Å². The topological polar surface area (TPSA) is 140 Å². The molecule has 1 fully saturated rings. The van der Waals surface area contributed by atoms with Gasteiger partial charge in [0, 0.05) is 18.3 Å². The molecule has 0 unspecified atom stereocenters. The number of nitrogens with zero attached hydrogens (tertiary/aromatic N) is 4. The van der Waals surface area contributed by atoms with Crippen LogP contribution in [-0.4, -0.2) is 61.9 Å². The summed E-state index contributed by atoms with van der Waals surface area (Å²) >= 11 is 6.78. The number of thiazole rings is 1. The van der Waals surface area contributed by atoms with Gasteiger partial charge in [0.15, 0.2) is 22.3 Å². The number of nitrogens with two attached hydrogens (primary N) is 1. The quantitative estimate of drug-likeness (QED) is 0.418. The number of hydrogen-bond acceptors (Lipinski definition) is 7. The smallest absolute Gasteiger partial charge is 0.270 e. The average molecular weight is 581 g/mol. The fourth-order valence-corrected chi connectivity index (χ4v) is 5.36. The molecule has 0 spiro atoms. The summed E-state index contributed by atoms with van der Waals surface area (Å²) < 4.78 is 30.0. The molecule has 0 radical (unpaired) electrons. The number of aromatic nitrogens is 3. The van der Waals surface area contributed by atoms with Crippen LogP contribution in [0.3, 0.4) is 0 Å². The van der Waals surface area contributed by atoms with E-state index < -0.39 is 47.6 Å². The second-order valence-electron chi connectivity index (χ2n) is 10.3. The number of Topliss-reactive ketones (excluding diaryl/α,β-unsaturated/α-hetero) is 1. The molecule has 1 aliphatic heterocycles. The van der Waals surface area contributed by atoms with Crippen LogP contribution in [0.25, 0.3) is 10.3 Å². The molecule has 0 saturated carbocycles. The minimum absolute atomic E-state index is 0.0460. The van der Waals surface area contributed by atoms with Crippen molar-refractivity contribution in [1.82, 2.24) is 19.7 Å². The Labute approximate surface area is 231 Å². The number of nitrogens with one attached hydrogen (secondary N) is 1. The lowest BCUT2D eigenvalue weighted by atomic mass is 9.96. The molecule has 0 aliphatic carbocycles. The number of carbonyl (C=O) groups excluding carboxylic acids is 4. The van der Waals surface area contributed by atoms with Gasteiger partial charge < -0.3 is 16.0 Å². The Morgan fingerprint density at radius 1 is 1.26 bits per heavy atom. The Kier molecular flexibility index (Phi) is 8.03. The van der Waals surface area contributed by atoms with E-state index >= 15 is 0 Å². The summed E-state index contributed by atoms with van der Waals surface area (Å²) in [6.45, 7) is 4.43. The zero-order chi connectivity index (χ0) is 28.6. The van der Waals surface area contributed by atoms with E-state index in [1.807, 2.05) is 0 Å². The summed E-state index contributed by atoms with van der Waals surface area (Å²) in [5.41, 5.74) is 5.01. The van der Waals surface area contributed by atoms with Crippen molar-refractivity contribution in [3.05, 3.63) is 40.3 Å². The van der Waals surface area contributed by atoms with Gasteiger partial charge in [-0.05, 0) is 18.1 Å². The number of ketones is 1. The maximum absolute atomic E-state index is 14.4. The zero-order valence-electron chi connectivity index (χ0n) is 21.5. The lowest BCUT2D eigenvalue weighted by Gasteiger charge is -2.23. The van der Waals surface area contributed by atoms with Gasteiger partial charge in [-0.2, -0.15) is 10.1 Å².